The highest BCUT2D eigenvalue weighted by Gasteiger charge is 2.21. The van der Waals surface area contributed by atoms with Gasteiger partial charge >= 0.3 is 5.97 Å². The van der Waals surface area contributed by atoms with Crippen LogP contribution >= 0.6 is 0 Å². The van der Waals surface area contributed by atoms with Crippen LogP contribution in [0.2, 0.25) is 0 Å². The summed E-state index contributed by atoms with van der Waals surface area (Å²) in [4.78, 5) is 10.7. The third kappa shape index (κ3) is 9.05. The zero-order valence-corrected chi connectivity index (χ0v) is 10.2. The van der Waals surface area contributed by atoms with Gasteiger partial charge in [-0.1, -0.05) is 0 Å². The number of rotatable bonds is 11. The molecule has 0 spiro atoms. The van der Waals surface area contributed by atoms with Crippen molar-refractivity contribution in [2.24, 2.45) is 0 Å². The number of carbonyl (C=O) groups is 1. The molecule has 1 aliphatic heterocycles. The molecular weight excluding hydrogens is 228 g/mol. The van der Waals surface area contributed by atoms with Crippen molar-refractivity contribution in [2.45, 2.75) is 12.5 Å². The average molecular weight is 248 g/mol. The number of esters is 1. The predicted molar refractivity (Wildman–Crippen MR) is 58.8 cm³/mol. The van der Waals surface area contributed by atoms with Crippen LogP contribution in [0.15, 0.2) is 0 Å². The summed E-state index contributed by atoms with van der Waals surface area (Å²) in [5, 5.41) is 0. The summed E-state index contributed by atoms with van der Waals surface area (Å²) in [7, 11) is 1.36. The number of carbonyl (C=O) groups excluding carboxylic acids is 1. The zero-order valence-electron chi connectivity index (χ0n) is 10.2. The van der Waals surface area contributed by atoms with E-state index in [0.717, 1.165) is 6.61 Å². The van der Waals surface area contributed by atoms with E-state index in [4.69, 9.17) is 18.9 Å². The van der Waals surface area contributed by atoms with Crippen LogP contribution in [-0.4, -0.2) is 65.4 Å². The molecule has 0 bridgehead atoms. The molecule has 0 saturated carbocycles. The molecule has 0 aromatic rings. The van der Waals surface area contributed by atoms with Crippen molar-refractivity contribution in [1.82, 2.24) is 0 Å². The molecular formula is C11H20O6. The molecule has 1 atom stereocenters. The van der Waals surface area contributed by atoms with Crippen LogP contribution in [-0.2, 0) is 28.5 Å². The minimum absolute atomic E-state index is 0.262. The molecule has 100 valence electrons. The van der Waals surface area contributed by atoms with Crippen LogP contribution < -0.4 is 0 Å². The summed E-state index contributed by atoms with van der Waals surface area (Å²) in [6.45, 7) is 3.93. The summed E-state index contributed by atoms with van der Waals surface area (Å²) in [5.74, 6) is -0.262. The van der Waals surface area contributed by atoms with Gasteiger partial charge in [-0.25, -0.2) is 0 Å². The molecule has 6 heteroatoms. The molecule has 1 rings (SSSR count). The summed E-state index contributed by atoms with van der Waals surface area (Å²) in [6, 6.07) is 0. The average Bonchev–Trinajstić information content (AvgIpc) is 3.15. The Kier molecular flexibility index (Phi) is 7.91. The fourth-order valence-corrected chi connectivity index (χ4v) is 1.08. The zero-order chi connectivity index (χ0) is 12.3. The highest BCUT2D eigenvalue weighted by atomic mass is 16.6. The lowest BCUT2D eigenvalue weighted by Gasteiger charge is -2.05. The topological polar surface area (TPSA) is 66.5 Å². The van der Waals surface area contributed by atoms with Gasteiger partial charge in [-0.2, -0.15) is 0 Å². The lowest BCUT2D eigenvalue weighted by atomic mass is 10.5. The van der Waals surface area contributed by atoms with Gasteiger partial charge < -0.3 is 23.7 Å². The van der Waals surface area contributed by atoms with E-state index in [1.165, 1.54) is 7.11 Å². The maximum Gasteiger partial charge on any atom is 0.307 e. The van der Waals surface area contributed by atoms with Gasteiger partial charge in [-0.05, 0) is 0 Å². The number of hydrogen-bond donors (Lipinski definition) is 0. The van der Waals surface area contributed by atoms with Gasteiger partial charge in [0.1, 0.15) is 6.10 Å². The van der Waals surface area contributed by atoms with Gasteiger partial charge in [0.2, 0.25) is 0 Å². The van der Waals surface area contributed by atoms with E-state index in [2.05, 4.69) is 4.74 Å². The molecule has 1 saturated heterocycles. The minimum atomic E-state index is -0.262. The van der Waals surface area contributed by atoms with Crippen molar-refractivity contribution in [3.63, 3.8) is 0 Å². The van der Waals surface area contributed by atoms with Gasteiger partial charge in [-0.15, -0.1) is 0 Å². The molecule has 1 unspecified atom stereocenters. The highest BCUT2D eigenvalue weighted by Crippen LogP contribution is 2.07. The second kappa shape index (κ2) is 9.35. The quantitative estimate of drug-likeness (QED) is 0.291. The number of epoxide rings is 1. The van der Waals surface area contributed by atoms with Gasteiger partial charge in [0.25, 0.3) is 0 Å². The monoisotopic (exact) mass is 248 g/mol. The van der Waals surface area contributed by atoms with E-state index in [1.54, 1.807) is 0 Å². The standard InChI is InChI=1S/C11H20O6/c1-13-11(12)2-3-14-4-5-15-6-7-16-8-10-9-17-10/h10H,2-9H2,1H3. The van der Waals surface area contributed by atoms with E-state index in [1.807, 2.05) is 0 Å². The third-order valence-corrected chi connectivity index (χ3v) is 2.13. The van der Waals surface area contributed by atoms with E-state index in [0.29, 0.717) is 45.7 Å². The Labute approximate surface area is 101 Å². The molecule has 1 heterocycles. The third-order valence-electron chi connectivity index (χ3n) is 2.13. The molecule has 0 aromatic carbocycles. The molecule has 0 N–H and O–H groups in total. The van der Waals surface area contributed by atoms with Crippen LogP contribution in [0.4, 0.5) is 0 Å². The van der Waals surface area contributed by atoms with Crippen molar-refractivity contribution in [3.8, 4) is 0 Å². The van der Waals surface area contributed by atoms with Crippen LogP contribution in [0.25, 0.3) is 0 Å². The van der Waals surface area contributed by atoms with Crippen molar-refractivity contribution in [3.05, 3.63) is 0 Å². The molecule has 0 amide bonds. The molecule has 1 aliphatic rings. The van der Waals surface area contributed by atoms with Gasteiger partial charge in [0.05, 0.1) is 59.8 Å². The second-order valence-corrected chi connectivity index (χ2v) is 3.58. The minimum Gasteiger partial charge on any atom is -0.469 e. The lowest BCUT2D eigenvalue weighted by Crippen LogP contribution is -2.12. The van der Waals surface area contributed by atoms with Crippen molar-refractivity contribution < 1.29 is 28.5 Å². The van der Waals surface area contributed by atoms with E-state index >= 15 is 0 Å². The Bertz CT molecular complexity index is 204. The van der Waals surface area contributed by atoms with Crippen LogP contribution in [0.1, 0.15) is 6.42 Å². The summed E-state index contributed by atoms with van der Waals surface area (Å²) >= 11 is 0. The fourth-order valence-electron chi connectivity index (χ4n) is 1.08. The van der Waals surface area contributed by atoms with Crippen LogP contribution in [0, 0.1) is 0 Å². The van der Waals surface area contributed by atoms with E-state index < -0.39 is 0 Å². The van der Waals surface area contributed by atoms with Gasteiger partial charge in [0.15, 0.2) is 0 Å². The molecule has 1 fully saturated rings. The molecule has 17 heavy (non-hydrogen) atoms. The van der Waals surface area contributed by atoms with Crippen LogP contribution in [0.3, 0.4) is 0 Å². The largest absolute Gasteiger partial charge is 0.469 e. The molecule has 0 aliphatic carbocycles. The Hall–Kier alpha value is -0.690. The number of hydrogen-bond acceptors (Lipinski definition) is 6. The Morgan fingerprint density at radius 2 is 1.71 bits per heavy atom. The Morgan fingerprint density at radius 3 is 2.29 bits per heavy atom. The first kappa shape index (κ1) is 14.4. The normalized spacial score (nSPS) is 18.1. The maximum atomic E-state index is 10.7. The first-order chi connectivity index (χ1) is 8.33. The number of ether oxygens (including phenoxy) is 5. The summed E-state index contributed by atoms with van der Waals surface area (Å²) in [5.41, 5.74) is 0. The SMILES string of the molecule is COC(=O)CCOCCOCCOCC1CO1. The van der Waals surface area contributed by atoms with Crippen molar-refractivity contribution in [2.75, 3.05) is 53.4 Å². The lowest BCUT2D eigenvalue weighted by molar-refractivity contribution is -0.141. The van der Waals surface area contributed by atoms with Crippen LogP contribution in [0.5, 0.6) is 0 Å². The first-order valence-electron chi connectivity index (χ1n) is 5.74. The van der Waals surface area contributed by atoms with Crippen molar-refractivity contribution in [1.29, 1.82) is 0 Å². The Morgan fingerprint density at radius 1 is 1.12 bits per heavy atom. The Balaban J connectivity index is 1.67. The fraction of sp³-hybridized carbons (Fsp3) is 0.909. The summed E-state index contributed by atoms with van der Waals surface area (Å²) < 4.78 is 25.2. The maximum absolute atomic E-state index is 10.7. The van der Waals surface area contributed by atoms with E-state index in [9.17, 15) is 4.79 Å². The van der Waals surface area contributed by atoms with Crippen molar-refractivity contribution >= 4 is 5.97 Å². The summed E-state index contributed by atoms with van der Waals surface area (Å²) in [6.07, 6.45) is 0.581. The van der Waals surface area contributed by atoms with Gasteiger partial charge in [0, 0.05) is 0 Å². The van der Waals surface area contributed by atoms with Gasteiger partial charge in [-0.3, -0.25) is 4.79 Å². The predicted octanol–water partition coefficient (Wildman–Crippen LogP) is -0.00190. The smallest absolute Gasteiger partial charge is 0.307 e. The first-order valence-corrected chi connectivity index (χ1v) is 5.74. The van der Waals surface area contributed by atoms with E-state index in [-0.39, 0.29) is 12.4 Å². The highest BCUT2D eigenvalue weighted by molar-refractivity contribution is 5.69. The molecule has 6 nitrogen and oxygen atoms in total. The number of methoxy groups -OCH3 is 1. The molecule has 0 aromatic heterocycles. The second-order valence-electron chi connectivity index (χ2n) is 3.58. The molecule has 0 radical (unpaired) electrons.